The van der Waals surface area contributed by atoms with E-state index in [0.717, 1.165) is 27.5 Å². The molecule has 0 aliphatic rings. The van der Waals surface area contributed by atoms with E-state index < -0.39 is 0 Å². The number of hydrogen-bond donors (Lipinski definition) is 2. The van der Waals surface area contributed by atoms with Gasteiger partial charge in [0.25, 0.3) is 11.5 Å². The average molecular weight is 388 g/mol. The van der Waals surface area contributed by atoms with Gasteiger partial charge in [0, 0.05) is 33.6 Å². The van der Waals surface area contributed by atoms with E-state index in [2.05, 4.69) is 15.4 Å². The van der Waals surface area contributed by atoms with Crippen LogP contribution in [-0.2, 0) is 6.54 Å². The smallest absolute Gasteiger partial charge is 0.274 e. The summed E-state index contributed by atoms with van der Waals surface area (Å²) < 4.78 is 1.43. The van der Waals surface area contributed by atoms with Crippen molar-refractivity contribution in [2.24, 2.45) is 0 Å². The number of hydrogen-bond acceptors (Lipinski definition) is 3. The molecule has 0 aliphatic heterocycles. The maximum Gasteiger partial charge on any atom is 0.274 e. The van der Waals surface area contributed by atoms with E-state index in [0.29, 0.717) is 23.9 Å². The maximum atomic E-state index is 12.8. The number of aromatic amines is 1. The van der Waals surface area contributed by atoms with Crippen LogP contribution < -0.4 is 10.9 Å². The van der Waals surface area contributed by atoms with Crippen molar-refractivity contribution >= 4 is 27.6 Å². The number of benzene rings is 2. The molecule has 0 saturated carbocycles. The molecule has 2 aromatic carbocycles. The van der Waals surface area contributed by atoms with E-state index >= 15 is 0 Å². The van der Waals surface area contributed by atoms with Crippen molar-refractivity contribution in [3.05, 3.63) is 75.8 Å². The molecule has 148 valence electrons. The van der Waals surface area contributed by atoms with E-state index in [1.165, 1.54) is 4.68 Å². The van der Waals surface area contributed by atoms with Crippen LogP contribution in [0.3, 0.4) is 0 Å². The summed E-state index contributed by atoms with van der Waals surface area (Å²) in [6.07, 6.45) is 2.38. The van der Waals surface area contributed by atoms with Crippen LogP contribution in [0.1, 0.15) is 35.0 Å². The van der Waals surface area contributed by atoms with E-state index in [1.54, 1.807) is 12.3 Å². The summed E-state index contributed by atoms with van der Waals surface area (Å²) >= 11 is 0. The summed E-state index contributed by atoms with van der Waals surface area (Å²) in [6, 6.07) is 12.9. The Kier molecular flexibility index (Phi) is 4.92. The summed E-state index contributed by atoms with van der Waals surface area (Å²) in [7, 11) is 0. The number of amides is 1. The van der Waals surface area contributed by atoms with Crippen molar-refractivity contribution < 1.29 is 4.79 Å². The molecule has 29 heavy (non-hydrogen) atoms. The molecule has 2 heterocycles. The van der Waals surface area contributed by atoms with Crippen molar-refractivity contribution in [1.29, 1.82) is 0 Å². The monoisotopic (exact) mass is 388 g/mol. The number of aryl methyl sites for hydroxylation is 2. The summed E-state index contributed by atoms with van der Waals surface area (Å²) in [4.78, 5) is 28.9. The zero-order valence-electron chi connectivity index (χ0n) is 16.8. The zero-order valence-corrected chi connectivity index (χ0v) is 16.8. The minimum absolute atomic E-state index is 0.143. The highest BCUT2D eigenvalue weighted by atomic mass is 16.2. The first-order chi connectivity index (χ1) is 14.0. The minimum atomic E-state index is -0.196. The third-order valence-electron chi connectivity index (χ3n) is 5.55. The first-order valence-electron chi connectivity index (χ1n) is 9.82. The van der Waals surface area contributed by atoms with Gasteiger partial charge in [-0.1, -0.05) is 25.1 Å². The SMILES string of the molecule is CC[C@H](Cn1ncc2ccccc2c1=O)NC(=O)c1ccc2[nH]c(C)c(C)c2c1. The third kappa shape index (κ3) is 3.53. The molecule has 2 N–H and O–H groups in total. The molecule has 6 heteroatoms. The number of carbonyl (C=O) groups is 1. The summed E-state index contributed by atoms with van der Waals surface area (Å²) in [5.41, 5.74) is 3.74. The van der Waals surface area contributed by atoms with Crippen LogP contribution in [0.15, 0.2) is 53.5 Å². The van der Waals surface area contributed by atoms with Crippen LogP contribution in [0.4, 0.5) is 0 Å². The molecule has 0 saturated heterocycles. The average Bonchev–Trinajstić information content (AvgIpc) is 3.02. The zero-order chi connectivity index (χ0) is 20.5. The molecule has 1 atom stereocenters. The van der Waals surface area contributed by atoms with Gasteiger partial charge in [-0.3, -0.25) is 9.59 Å². The number of H-pyrrole nitrogens is 1. The Labute approximate surface area is 168 Å². The van der Waals surface area contributed by atoms with Crippen LogP contribution in [0.5, 0.6) is 0 Å². The fraction of sp³-hybridized carbons (Fsp3) is 0.261. The fourth-order valence-electron chi connectivity index (χ4n) is 3.61. The number of fused-ring (bicyclic) bond motifs is 2. The minimum Gasteiger partial charge on any atom is -0.358 e. The van der Waals surface area contributed by atoms with Gasteiger partial charge in [-0.2, -0.15) is 5.10 Å². The largest absolute Gasteiger partial charge is 0.358 e. The summed E-state index contributed by atoms with van der Waals surface area (Å²) in [5, 5.41) is 9.83. The maximum absolute atomic E-state index is 12.8. The van der Waals surface area contributed by atoms with Crippen molar-refractivity contribution in [2.75, 3.05) is 0 Å². The Morgan fingerprint density at radius 3 is 2.76 bits per heavy atom. The highest BCUT2D eigenvalue weighted by Crippen LogP contribution is 2.22. The van der Waals surface area contributed by atoms with Crippen molar-refractivity contribution in [1.82, 2.24) is 20.1 Å². The van der Waals surface area contributed by atoms with Gasteiger partial charge in [0.1, 0.15) is 0 Å². The number of carbonyl (C=O) groups excluding carboxylic acids is 1. The quantitative estimate of drug-likeness (QED) is 0.547. The second-order valence-electron chi connectivity index (χ2n) is 7.43. The molecule has 0 aliphatic carbocycles. The van der Waals surface area contributed by atoms with Crippen molar-refractivity contribution in [3.8, 4) is 0 Å². The lowest BCUT2D eigenvalue weighted by Gasteiger charge is -2.18. The lowest BCUT2D eigenvalue weighted by molar-refractivity contribution is 0.0931. The molecular weight excluding hydrogens is 364 g/mol. The number of nitrogens with zero attached hydrogens (tertiary/aromatic N) is 2. The first-order valence-corrected chi connectivity index (χ1v) is 9.82. The Morgan fingerprint density at radius 2 is 1.97 bits per heavy atom. The van der Waals surface area contributed by atoms with Gasteiger partial charge in [-0.25, -0.2) is 4.68 Å². The van der Waals surface area contributed by atoms with Crippen LogP contribution in [0.25, 0.3) is 21.7 Å². The Hall–Kier alpha value is -3.41. The van der Waals surface area contributed by atoms with Gasteiger partial charge in [-0.15, -0.1) is 0 Å². The van der Waals surface area contributed by atoms with Gasteiger partial charge in [-0.05, 0) is 50.1 Å². The van der Waals surface area contributed by atoms with E-state index in [9.17, 15) is 9.59 Å². The van der Waals surface area contributed by atoms with Crippen molar-refractivity contribution in [3.63, 3.8) is 0 Å². The molecule has 0 fully saturated rings. The van der Waals surface area contributed by atoms with Gasteiger partial charge >= 0.3 is 0 Å². The number of aromatic nitrogens is 3. The molecule has 6 nitrogen and oxygen atoms in total. The lowest BCUT2D eigenvalue weighted by atomic mass is 10.1. The van der Waals surface area contributed by atoms with Gasteiger partial charge in [0.15, 0.2) is 0 Å². The molecule has 2 aromatic heterocycles. The molecular formula is C23H24N4O2. The molecule has 0 unspecified atom stereocenters. The number of rotatable bonds is 5. The van der Waals surface area contributed by atoms with Gasteiger partial charge in [0.05, 0.1) is 18.1 Å². The van der Waals surface area contributed by atoms with E-state index in [4.69, 9.17) is 0 Å². The molecule has 4 rings (SSSR count). The fourth-order valence-corrected chi connectivity index (χ4v) is 3.61. The first kappa shape index (κ1) is 18.9. The van der Waals surface area contributed by atoms with Crippen LogP contribution in [0, 0.1) is 13.8 Å². The second-order valence-corrected chi connectivity index (χ2v) is 7.43. The summed E-state index contributed by atoms with van der Waals surface area (Å²) in [6.45, 7) is 6.38. The van der Waals surface area contributed by atoms with E-state index in [-0.39, 0.29) is 17.5 Å². The topological polar surface area (TPSA) is 79.8 Å². The highest BCUT2D eigenvalue weighted by molar-refractivity contribution is 5.99. The standard InChI is InChI=1S/C23H24N4O2/c1-4-18(13-27-23(29)19-8-6-5-7-17(19)12-24-27)26-22(28)16-9-10-21-20(11-16)14(2)15(3)25-21/h5-12,18,25H,4,13H2,1-3H3,(H,26,28)/t18-/m1/s1. The normalized spacial score (nSPS) is 12.4. The molecule has 4 aromatic rings. The van der Waals surface area contributed by atoms with Crippen LogP contribution in [0.2, 0.25) is 0 Å². The Bertz CT molecular complexity index is 1270. The highest BCUT2D eigenvalue weighted by Gasteiger charge is 2.16. The predicted molar refractivity (Wildman–Crippen MR) is 115 cm³/mol. The lowest BCUT2D eigenvalue weighted by Crippen LogP contribution is -2.40. The van der Waals surface area contributed by atoms with Gasteiger partial charge < -0.3 is 10.3 Å². The van der Waals surface area contributed by atoms with Crippen molar-refractivity contribution in [2.45, 2.75) is 39.8 Å². The Morgan fingerprint density at radius 1 is 1.17 bits per heavy atom. The molecule has 0 radical (unpaired) electrons. The van der Waals surface area contributed by atoms with Crippen LogP contribution in [-0.4, -0.2) is 26.7 Å². The second kappa shape index (κ2) is 7.54. The Balaban J connectivity index is 1.56. The predicted octanol–water partition coefficient (Wildman–Crippen LogP) is 3.70. The molecule has 1 amide bonds. The summed E-state index contributed by atoms with van der Waals surface area (Å²) in [5.74, 6) is -0.147. The third-order valence-corrected chi connectivity index (χ3v) is 5.55. The van der Waals surface area contributed by atoms with E-state index in [1.807, 2.05) is 57.2 Å². The molecule has 0 spiro atoms. The molecule has 0 bridgehead atoms. The van der Waals surface area contributed by atoms with Crippen LogP contribution >= 0.6 is 0 Å². The van der Waals surface area contributed by atoms with Gasteiger partial charge in [0.2, 0.25) is 0 Å². The number of nitrogens with one attached hydrogen (secondary N) is 2.